The fourth-order valence-corrected chi connectivity index (χ4v) is 1.25. The zero-order chi connectivity index (χ0) is 11.1. The summed E-state index contributed by atoms with van der Waals surface area (Å²) in [5.41, 5.74) is 0. The zero-order valence-corrected chi connectivity index (χ0v) is 8.88. The van der Waals surface area contributed by atoms with Crippen LogP contribution in [0.4, 0.5) is 0 Å². The van der Waals surface area contributed by atoms with E-state index in [1.165, 1.54) is 0 Å². The van der Waals surface area contributed by atoms with E-state index in [1.54, 1.807) is 6.92 Å². The normalized spacial score (nSPS) is 36.9. The Kier molecular flexibility index (Phi) is 6.61. The van der Waals surface area contributed by atoms with Crippen LogP contribution < -0.4 is 0 Å². The van der Waals surface area contributed by atoms with Gasteiger partial charge < -0.3 is 14.9 Å². The van der Waals surface area contributed by atoms with Crippen LogP contribution in [0.15, 0.2) is 5.18 Å². The second-order valence-corrected chi connectivity index (χ2v) is 3.12. The molecular weight excluding hydrogens is 186 g/mol. The van der Waals surface area contributed by atoms with Crippen molar-refractivity contribution in [2.24, 2.45) is 11.1 Å². The topological polar surface area (TPSA) is 79.1 Å². The third-order valence-corrected chi connectivity index (χ3v) is 2.17. The van der Waals surface area contributed by atoms with Gasteiger partial charge in [0.1, 0.15) is 6.54 Å². The van der Waals surface area contributed by atoms with E-state index in [9.17, 15) is 15.1 Å². The van der Waals surface area contributed by atoms with E-state index in [-0.39, 0.29) is 12.5 Å². The number of ether oxygens (including phenoxy) is 1. The second kappa shape index (κ2) is 6.86. The SMILES string of the molecule is CC.C[C@@H]1C(O)CC(CN=O)OC1O. The highest BCUT2D eigenvalue weighted by Crippen LogP contribution is 2.23. The Morgan fingerprint density at radius 3 is 2.43 bits per heavy atom. The lowest BCUT2D eigenvalue weighted by Crippen LogP contribution is -2.43. The average Bonchev–Trinajstić information content (AvgIpc) is 2.18. The third-order valence-electron chi connectivity index (χ3n) is 2.17. The fourth-order valence-electron chi connectivity index (χ4n) is 1.25. The number of aliphatic hydroxyl groups excluding tert-OH is 2. The molecule has 0 amide bonds. The fraction of sp³-hybridized carbons (Fsp3) is 1.00. The molecule has 84 valence electrons. The highest BCUT2D eigenvalue weighted by atomic mass is 16.6. The van der Waals surface area contributed by atoms with Gasteiger partial charge in [-0.25, -0.2) is 0 Å². The highest BCUT2D eigenvalue weighted by molar-refractivity contribution is 4.78. The molecule has 0 radical (unpaired) electrons. The lowest BCUT2D eigenvalue weighted by Gasteiger charge is -2.34. The van der Waals surface area contributed by atoms with Gasteiger partial charge in [0.15, 0.2) is 6.29 Å². The molecule has 0 saturated carbocycles. The van der Waals surface area contributed by atoms with E-state index in [0.29, 0.717) is 6.42 Å². The Morgan fingerprint density at radius 2 is 2.00 bits per heavy atom. The van der Waals surface area contributed by atoms with Crippen molar-refractivity contribution in [2.45, 2.75) is 45.7 Å². The highest BCUT2D eigenvalue weighted by Gasteiger charge is 2.33. The lowest BCUT2D eigenvalue weighted by atomic mass is 9.95. The summed E-state index contributed by atoms with van der Waals surface area (Å²) < 4.78 is 5.01. The van der Waals surface area contributed by atoms with E-state index < -0.39 is 18.5 Å². The standard InChI is InChI=1S/C7H13NO4.C2H6/c1-4-6(9)2-5(3-8-11)12-7(4)10;1-2/h4-7,9-10H,2-3H2,1H3;1-2H3/t4-,5?,6?,7?;/m1./s1. The maximum Gasteiger partial charge on any atom is 0.160 e. The van der Waals surface area contributed by atoms with Gasteiger partial charge in [-0.1, -0.05) is 25.9 Å². The maximum atomic E-state index is 9.87. The van der Waals surface area contributed by atoms with Crippen LogP contribution in [0.1, 0.15) is 27.2 Å². The quantitative estimate of drug-likeness (QED) is 0.656. The molecule has 2 N–H and O–H groups in total. The van der Waals surface area contributed by atoms with Crippen LogP contribution in [-0.2, 0) is 4.74 Å². The van der Waals surface area contributed by atoms with Gasteiger partial charge in [0.2, 0.25) is 0 Å². The van der Waals surface area contributed by atoms with Crippen LogP contribution in [0, 0.1) is 10.8 Å². The van der Waals surface area contributed by atoms with Crippen molar-refractivity contribution in [1.29, 1.82) is 0 Å². The Balaban J connectivity index is 0.000000791. The first-order valence-electron chi connectivity index (χ1n) is 4.96. The molecule has 4 atom stereocenters. The van der Waals surface area contributed by atoms with Crippen molar-refractivity contribution in [3.8, 4) is 0 Å². The predicted molar refractivity (Wildman–Crippen MR) is 52.7 cm³/mol. The molecule has 0 aliphatic carbocycles. The first-order valence-corrected chi connectivity index (χ1v) is 4.96. The van der Waals surface area contributed by atoms with Gasteiger partial charge in [-0.3, -0.25) is 0 Å². The predicted octanol–water partition coefficient (Wildman–Crippen LogP) is 0.883. The molecule has 5 nitrogen and oxygen atoms in total. The summed E-state index contributed by atoms with van der Waals surface area (Å²) in [6, 6.07) is 0. The van der Waals surface area contributed by atoms with Crippen LogP contribution in [0.5, 0.6) is 0 Å². The number of nitroso groups, excluding NO2 is 1. The first-order chi connectivity index (χ1) is 6.65. The Morgan fingerprint density at radius 1 is 1.43 bits per heavy atom. The van der Waals surface area contributed by atoms with Crippen molar-refractivity contribution >= 4 is 0 Å². The van der Waals surface area contributed by atoms with E-state index in [2.05, 4.69) is 5.18 Å². The largest absolute Gasteiger partial charge is 0.393 e. The number of aliphatic hydroxyl groups is 2. The van der Waals surface area contributed by atoms with Gasteiger partial charge in [0.05, 0.1) is 12.2 Å². The van der Waals surface area contributed by atoms with Crippen LogP contribution in [-0.4, -0.2) is 35.3 Å². The molecular formula is C9H19NO4. The Hall–Kier alpha value is -0.520. The van der Waals surface area contributed by atoms with Gasteiger partial charge in [-0.15, -0.1) is 0 Å². The van der Waals surface area contributed by atoms with Crippen molar-refractivity contribution in [3.63, 3.8) is 0 Å². The molecule has 14 heavy (non-hydrogen) atoms. The molecule has 0 bridgehead atoms. The zero-order valence-electron chi connectivity index (χ0n) is 8.88. The summed E-state index contributed by atoms with van der Waals surface area (Å²) >= 11 is 0. The first kappa shape index (κ1) is 13.5. The maximum absolute atomic E-state index is 9.87. The molecule has 1 aliphatic heterocycles. The van der Waals surface area contributed by atoms with Gasteiger partial charge in [-0.05, 0) is 0 Å². The summed E-state index contributed by atoms with van der Waals surface area (Å²) in [5.74, 6) is -0.298. The van der Waals surface area contributed by atoms with Gasteiger partial charge in [0, 0.05) is 12.3 Å². The van der Waals surface area contributed by atoms with Crippen molar-refractivity contribution < 1.29 is 14.9 Å². The van der Waals surface area contributed by atoms with Crippen molar-refractivity contribution in [2.75, 3.05) is 6.54 Å². The smallest absolute Gasteiger partial charge is 0.160 e. The molecule has 0 aromatic rings. The van der Waals surface area contributed by atoms with Crippen molar-refractivity contribution in [1.82, 2.24) is 0 Å². The van der Waals surface area contributed by atoms with Crippen LogP contribution in [0.3, 0.4) is 0 Å². The van der Waals surface area contributed by atoms with E-state index >= 15 is 0 Å². The molecule has 0 spiro atoms. The van der Waals surface area contributed by atoms with E-state index in [4.69, 9.17) is 4.74 Å². The minimum Gasteiger partial charge on any atom is -0.393 e. The van der Waals surface area contributed by atoms with Gasteiger partial charge in [-0.2, -0.15) is 4.91 Å². The molecule has 1 fully saturated rings. The van der Waals surface area contributed by atoms with E-state index in [1.807, 2.05) is 13.8 Å². The monoisotopic (exact) mass is 205 g/mol. The summed E-state index contributed by atoms with van der Waals surface area (Å²) in [6.45, 7) is 5.68. The minimum atomic E-state index is -0.986. The molecule has 3 unspecified atom stereocenters. The molecule has 1 heterocycles. The number of nitrogens with zero attached hydrogens (tertiary/aromatic N) is 1. The number of hydrogen-bond acceptors (Lipinski definition) is 5. The second-order valence-electron chi connectivity index (χ2n) is 3.12. The third kappa shape index (κ3) is 3.69. The Labute approximate surface area is 84.1 Å². The number of rotatable bonds is 2. The van der Waals surface area contributed by atoms with Gasteiger partial charge in [0.25, 0.3) is 0 Å². The Bertz CT molecular complexity index is 153. The molecule has 1 saturated heterocycles. The number of hydrogen-bond donors (Lipinski definition) is 2. The van der Waals surface area contributed by atoms with Crippen LogP contribution in [0.25, 0.3) is 0 Å². The lowest BCUT2D eigenvalue weighted by molar-refractivity contribution is -0.217. The molecule has 5 heteroatoms. The van der Waals surface area contributed by atoms with Crippen molar-refractivity contribution in [3.05, 3.63) is 4.91 Å². The molecule has 1 aliphatic rings. The van der Waals surface area contributed by atoms with Crippen LogP contribution >= 0.6 is 0 Å². The molecule has 1 rings (SSSR count). The van der Waals surface area contributed by atoms with Gasteiger partial charge >= 0.3 is 0 Å². The van der Waals surface area contributed by atoms with Crippen LogP contribution in [0.2, 0.25) is 0 Å². The summed E-state index contributed by atoms with van der Waals surface area (Å²) in [6.07, 6.45) is -1.67. The summed E-state index contributed by atoms with van der Waals surface area (Å²) in [7, 11) is 0. The summed E-state index contributed by atoms with van der Waals surface area (Å²) in [5, 5.41) is 21.2. The van der Waals surface area contributed by atoms with E-state index in [0.717, 1.165) is 0 Å². The summed E-state index contributed by atoms with van der Waals surface area (Å²) in [4.78, 5) is 9.87. The molecule has 0 aromatic heterocycles. The molecule has 0 aromatic carbocycles. The minimum absolute atomic E-state index is 0.0131. The average molecular weight is 205 g/mol.